The van der Waals surface area contributed by atoms with Crippen LogP contribution in [0.2, 0.25) is 0 Å². The van der Waals surface area contributed by atoms with Crippen LogP contribution in [0.4, 0.5) is 5.69 Å². The number of aromatic nitrogens is 3. The maximum absolute atomic E-state index is 5.54. The predicted octanol–water partition coefficient (Wildman–Crippen LogP) is 2.27. The predicted molar refractivity (Wildman–Crippen MR) is 138 cm³/mol. The number of halogens is 1. The molecule has 9 nitrogen and oxygen atoms in total. The van der Waals surface area contributed by atoms with E-state index in [1.807, 2.05) is 12.1 Å². The Labute approximate surface area is 208 Å². The van der Waals surface area contributed by atoms with E-state index in [9.17, 15) is 0 Å². The number of hydrogen-bond donors (Lipinski definition) is 1. The molecule has 1 saturated heterocycles. The number of ether oxygens (including phenoxy) is 2. The van der Waals surface area contributed by atoms with Crippen LogP contribution in [-0.2, 0) is 17.7 Å². The minimum atomic E-state index is 0. The van der Waals surface area contributed by atoms with Crippen LogP contribution in [0.25, 0.3) is 0 Å². The number of hydrogen-bond acceptors (Lipinski definition) is 6. The van der Waals surface area contributed by atoms with E-state index in [0.29, 0.717) is 0 Å². The third-order valence-corrected chi connectivity index (χ3v) is 5.42. The van der Waals surface area contributed by atoms with Crippen LogP contribution in [-0.4, -0.2) is 85.7 Å². The lowest BCUT2D eigenvalue weighted by Gasteiger charge is -2.38. The van der Waals surface area contributed by atoms with Crippen molar-refractivity contribution in [2.24, 2.45) is 4.99 Å². The van der Waals surface area contributed by atoms with E-state index in [4.69, 9.17) is 14.5 Å². The van der Waals surface area contributed by atoms with Crippen molar-refractivity contribution in [1.29, 1.82) is 0 Å². The summed E-state index contributed by atoms with van der Waals surface area (Å²) < 4.78 is 12.8. The first kappa shape index (κ1) is 26.2. The van der Waals surface area contributed by atoms with E-state index < -0.39 is 0 Å². The summed E-state index contributed by atoms with van der Waals surface area (Å²) in [7, 11) is 3.45. The highest BCUT2D eigenvalue weighted by Crippen LogP contribution is 2.28. The molecule has 1 aromatic carbocycles. The summed E-state index contributed by atoms with van der Waals surface area (Å²) in [5.74, 6) is 2.89. The van der Waals surface area contributed by atoms with Gasteiger partial charge >= 0.3 is 0 Å². The second-order valence-corrected chi connectivity index (χ2v) is 7.42. The number of benzene rings is 1. The Bertz CT molecular complexity index is 822. The van der Waals surface area contributed by atoms with Gasteiger partial charge in [0.1, 0.15) is 17.9 Å². The summed E-state index contributed by atoms with van der Waals surface area (Å²) >= 11 is 0. The zero-order valence-corrected chi connectivity index (χ0v) is 21.7. The molecule has 10 heteroatoms. The molecular formula is C22H36IN7O2. The van der Waals surface area contributed by atoms with E-state index in [1.54, 1.807) is 20.5 Å². The monoisotopic (exact) mass is 557 g/mol. The molecule has 0 radical (unpaired) electrons. The zero-order valence-electron chi connectivity index (χ0n) is 19.4. The maximum Gasteiger partial charge on any atom is 0.194 e. The molecule has 0 amide bonds. The fraction of sp³-hybridized carbons (Fsp3) is 0.591. The standard InChI is InChI=1S/C22H35N7O2.HI/c1-4-21-26-25-18-29(21)12-11-24-22(23-10-7-17-30-2)28-15-13-27(14-16-28)19-8-5-6-9-20(19)31-3;/h5-6,8-9,18H,4,7,10-17H2,1-3H3,(H,23,24);1H. The molecule has 0 bridgehead atoms. The van der Waals surface area contributed by atoms with Gasteiger partial charge in [-0.3, -0.25) is 4.99 Å². The first-order valence-electron chi connectivity index (χ1n) is 11.0. The van der Waals surface area contributed by atoms with Crippen molar-refractivity contribution in [1.82, 2.24) is 25.0 Å². The Morgan fingerprint density at radius 1 is 1.16 bits per heavy atom. The molecule has 0 unspecified atom stereocenters. The van der Waals surface area contributed by atoms with Gasteiger partial charge in [-0.1, -0.05) is 19.1 Å². The van der Waals surface area contributed by atoms with E-state index in [-0.39, 0.29) is 24.0 Å². The van der Waals surface area contributed by atoms with E-state index in [2.05, 4.69) is 48.9 Å². The number of aryl methyl sites for hydroxylation is 1. The number of anilines is 1. The molecule has 1 aliphatic heterocycles. The van der Waals surface area contributed by atoms with E-state index in [1.165, 1.54) is 0 Å². The van der Waals surface area contributed by atoms with Gasteiger partial charge in [0.15, 0.2) is 5.96 Å². The molecule has 2 heterocycles. The van der Waals surface area contributed by atoms with Crippen LogP contribution in [0, 0.1) is 0 Å². The van der Waals surface area contributed by atoms with Crippen LogP contribution in [0.3, 0.4) is 0 Å². The van der Waals surface area contributed by atoms with Crippen molar-refractivity contribution in [3.8, 4) is 5.75 Å². The normalized spacial score (nSPS) is 14.3. The summed E-state index contributed by atoms with van der Waals surface area (Å²) in [4.78, 5) is 9.56. The van der Waals surface area contributed by atoms with Crippen molar-refractivity contribution in [3.63, 3.8) is 0 Å². The average molecular weight is 557 g/mol. The van der Waals surface area contributed by atoms with Gasteiger partial charge in [-0.05, 0) is 18.6 Å². The van der Waals surface area contributed by atoms with Crippen molar-refractivity contribution >= 4 is 35.6 Å². The molecule has 0 aliphatic carbocycles. The number of guanidine groups is 1. The van der Waals surface area contributed by atoms with Crippen LogP contribution >= 0.6 is 24.0 Å². The lowest BCUT2D eigenvalue weighted by Crippen LogP contribution is -2.53. The molecule has 0 saturated carbocycles. The SMILES string of the molecule is CCc1nncn1CCNC(=NCCCOC)N1CCN(c2ccccc2OC)CC1.I. The Kier molecular flexibility index (Phi) is 11.6. The number of nitrogens with one attached hydrogen (secondary N) is 1. The molecule has 32 heavy (non-hydrogen) atoms. The van der Waals surface area contributed by atoms with Crippen LogP contribution in [0.1, 0.15) is 19.2 Å². The fourth-order valence-electron chi connectivity index (χ4n) is 3.74. The number of methoxy groups -OCH3 is 2. The molecule has 3 rings (SSSR count). The largest absolute Gasteiger partial charge is 0.495 e. The highest BCUT2D eigenvalue weighted by molar-refractivity contribution is 14.0. The Balaban J connectivity index is 0.00000363. The van der Waals surface area contributed by atoms with Gasteiger partial charge in [0.05, 0.1) is 12.8 Å². The average Bonchev–Trinajstić information content (AvgIpc) is 3.28. The molecule has 1 aromatic heterocycles. The summed E-state index contributed by atoms with van der Waals surface area (Å²) in [6.07, 6.45) is 3.58. The number of nitrogens with zero attached hydrogens (tertiary/aromatic N) is 6. The smallest absolute Gasteiger partial charge is 0.194 e. The minimum Gasteiger partial charge on any atom is -0.495 e. The molecule has 1 aliphatic rings. The van der Waals surface area contributed by atoms with Gasteiger partial charge < -0.3 is 29.2 Å². The van der Waals surface area contributed by atoms with Crippen molar-refractivity contribution in [2.45, 2.75) is 26.3 Å². The molecular weight excluding hydrogens is 521 g/mol. The van der Waals surface area contributed by atoms with Crippen molar-refractivity contribution < 1.29 is 9.47 Å². The highest BCUT2D eigenvalue weighted by atomic mass is 127. The highest BCUT2D eigenvalue weighted by Gasteiger charge is 2.21. The lowest BCUT2D eigenvalue weighted by atomic mass is 10.2. The molecule has 1 fully saturated rings. The number of aliphatic imine (C=N–C) groups is 1. The van der Waals surface area contributed by atoms with Gasteiger partial charge in [0.25, 0.3) is 0 Å². The maximum atomic E-state index is 5.54. The number of piperazine rings is 1. The van der Waals surface area contributed by atoms with Crippen LogP contribution in [0.15, 0.2) is 35.6 Å². The van der Waals surface area contributed by atoms with E-state index >= 15 is 0 Å². The minimum absolute atomic E-state index is 0. The molecule has 2 aromatic rings. The Morgan fingerprint density at radius 3 is 2.66 bits per heavy atom. The van der Waals surface area contributed by atoms with Gasteiger partial charge in [0, 0.05) is 66.0 Å². The van der Waals surface area contributed by atoms with Gasteiger partial charge in [0.2, 0.25) is 0 Å². The topological polar surface area (TPSA) is 80.0 Å². The summed E-state index contributed by atoms with van der Waals surface area (Å²) in [5, 5.41) is 11.7. The second-order valence-electron chi connectivity index (χ2n) is 7.42. The van der Waals surface area contributed by atoms with Gasteiger partial charge in [-0.15, -0.1) is 34.2 Å². The van der Waals surface area contributed by atoms with Crippen LogP contribution in [0.5, 0.6) is 5.75 Å². The van der Waals surface area contributed by atoms with Gasteiger partial charge in [-0.25, -0.2) is 0 Å². The molecule has 1 N–H and O–H groups in total. The summed E-state index contributed by atoms with van der Waals surface area (Å²) in [6, 6.07) is 8.20. The Morgan fingerprint density at radius 2 is 1.94 bits per heavy atom. The fourth-order valence-corrected chi connectivity index (χ4v) is 3.74. The second kappa shape index (κ2) is 14.1. The third kappa shape index (κ3) is 7.22. The van der Waals surface area contributed by atoms with Crippen LogP contribution < -0.4 is 15.0 Å². The third-order valence-electron chi connectivity index (χ3n) is 5.42. The van der Waals surface area contributed by atoms with Gasteiger partial charge in [-0.2, -0.15) is 0 Å². The number of rotatable bonds is 10. The first-order valence-corrected chi connectivity index (χ1v) is 11.0. The van der Waals surface area contributed by atoms with E-state index in [0.717, 1.165) is 88.5 Å². The summed E-state index contributed by atoms with van der Waals surface area (Å²) in [6.45, 7) is 8.80. The van der Waals surface area contributed by atoms with Crippen molar-refractivity contribution in [2.75, 3.05) is 65.0 Å². The summed E-state index contributed by atoms with van der Waals surface area (Å²) in [5.41, 5.74) is 1.15. The number of para-hydroxylation sites is 2. The molecule has 178 valence electrons. The molecule has 0 spiro atoms. The first-order chi connectivity index (χ1) is 15.3. The quantitative estimate of drug-likeness (QED) is 0.208. The zero-order chi connectivity index (χ0) is 21.9. The lowest BCUT2D eigenvalue weighted by molar-refractivity contribution is 0.197. The van der Waals surface area contributed by atoms with Crippen molar-refractivity contribution in [3.05, 3.63) is 36.4 Å². The Hall–Kier alpha value is -2.08. The molecule has 0 atom stereocenters.